The molecule has 138 valence electrons. The number of aliphatic hydroxyl groups excluding tert-OH is 2. The minimum atomic E-state index is -0.724. The van der Waals surface area contributed by atoms with Crippen molar-refractivity contribution in [3.63, 3.8) is 0 Å². The Kier molecular flexibility index (Phi) is 4.01. The van der Waals surface area contributed by atoms with Crippen molar-refractivity contribution in [2.45, 2.75) is 58.5 Å². The number of carbonyl (C=O) groups is 2. The van der Waals surface area contributed by atoms with Crippen LogP contribution in [0, 0.1) is 40.4 Å². The molecular formula is C21H30O4. The van der Waals surface area contributed by atoms with Gasteiger partial charge in [0.15, 0.2) is 5.78 Å². The lowest BCUT2D eigenvalue weighted by molar-refractivity contribution is -0.154. The lowest BCUT2D eigenvalue weighted by atomic mass is 9.45. The number of hydrogen-bond acceptors (Lipinski definition) is 4. The van der Waals surface area contributed by atoms with Crippen molar-refractivity contribution in [3.05, 3.63) is 12.2 Å². The van der Waals surface area contributed by atoms with E-state index >= 15 is 0 Å². The van der Waals surface area contributed by atoms with Gasteiger partial charge in [0.05, 0.1) is 12.7 Å². The Morgan fingerprint density at radius 3 is 2.68 bits per heavy atom. The Morgan fingerprint density at radius 1 is 1.20 bits per heavy atom. The highest BCUT2D eigenvalue weighted by Crippen LogP contribution is 2.65. The Morgan fingerprint density at radius 2 is 1.96 bits per heavy atom. The van der Waals surface area contributed by atoms with Crippen molar-refractivity contribution in [1.82, 2.24) is 0 Å². The first-order valence-electron chi connectivity index (χ1n) is 9.85. The summed E-state index contributed by atoms with van der Waals surface area (Å²) >= 11 is 0. The molecule has 0 aromatic carbocycles. The Labute approximate surface area is 149 Å². The van der Waals surface area contributed by atoms with E-state index in [1.165, 1.54) is 0 Å². The van der Waals surface area contributed by atoms with Crippen molar-refractivity contribution >= 4 is 11.6 Å². The summed E-state index contributed by atoms with van der Waals surface area (Å²) in [7, 11) is 0. The molecule has 3 saturated carbocycles. The van der Waals surface area contributed by atoms with Crippen LogP contribution in [-0.4, -0.2) is 34.5 Å². The van der Waals surface area contributed by atoms with Crippen LogP contribution >= 0.6 is 0 Å². The topological polar surface area (TPSA) is 74.6 Å². The summed E-state index contributed by atoms with van der Waals surface area (Å²) in [5.74, 6) is 1.61. The fourth-order valence-corrected chi connectivity index (χ4v) is 7.25. The van der Waals surface area contributed by atoms with E-state index in [1.54, 1.807) is 6.08 Å². The third kappa shape index (κ3) is 2.33. The molecule has 4 heteroatoms. The second-order valence-electron chi connectivity index (χ2n) is 9.47. The number of allylic oxidation sites excluding steroid dienone is 2. The number of hydrogen-bond donors (Lipinski definition) is 2. The predicted molar refractivity (Wildman–Crippen MR) is 93.6 cm³/mol. The van der Waals surface area contributed by atoms with Gasteiger partial charge in [-0.25, -0.2) is 0 Å². The number of aliphatic hydroxyl groups is 2. The van der Waals surface area contributed by atoms with Crippen LogP contribution in [0.5, 0.6) is 0 Å². The zero-order valence-corrected chi connectivity index (χ0v) is 15.3. The molecular weight excluding hydrogens is 316 g/mol. The predicted octanol–water partition coefficient (Wildman–Crippen LogP) is 2.52. The number of ketones is 2. The van der Waals surface area contributed by atoms with Crippen LogP contribution in [0.15, 0.2) is 12.2 Å². The first kappa shape index (κ1) is 17.4. The van der Waals surface area contributed by atoms with Crippen LogP contribution in [0.2, 0.25) is 0 Å². The van der Waals surface area contributed by atoms with Gasteiger partial charge in [0.25, 0.3) is 0 Å². The maximum Gasteiger partial charge on any atom is 0.155 e. The molecule has 4 aliphatic rings. The molecule has 0 bridgehead atoms. The Bertz CT molecular complexity index is 625. The molecule has 0 aromatic rings. The maximum atomic E-state index is 13.3. The first-order chi connectivity index (χ1) is 11.8. The molecule has 0 radical (unpaired) electrons. The fourth-order valence-electron chi connectivity index (χ4n) is 7.25. The third-order valence-electron chi connectivity index (χ3n) is 8.46. The standard InChI is InChI=1S/C21H30O4/c1-20-8-7-13(23)9-12(20)3-4-14-15-5-6-16(18(25)11-22)21(15,2)10-17(24)19(14)20/h7-8,12,14-16,18-19,22,25H,3-6,9-11H2,1-2H3/t12?,14-,15-,16+,18?,19+,20-,21-/m0/s1. The SMILES string of the molecule is C[C@]12CC(=O)[C@H]3[C@@H](CCC4CC(=O)C=C[C@@]43C)[C@@H]1CC[C@@H]2C(O)CO. The molecule has 8 atom stereocenters. The number of rotatable bonds is 2. The van der Waals surface area contributed by atoms with Crippen LogP contribution in [0.25, 0.3) is 0 Å². The van der Waals surface area contributed by atoms with E-state index in [1.807, 2.05) is 6.08 Å². The van der Waals surface area contributed by atoms with Gasteiger partial charge in [-0.05, 0) is 66.3 Å². The van der Waals surface area contributed by atoms with E-state index in [2.05, 4.69) is 13.8 Å². The largest absolute Gasteiger partial charge is 0.394 e. The van der Waals surface area contributed by atoms with E-state index < -0.39 is 6.10 Å². The van der Waals surface area contributed by atoms with E-state index in [4.69, 9.17) is 0 Å². The van der Waals surface area contributed by atoms with Gasteiger partial charge in [-0.15, -0.1) is 0 Å². The van der Waals surface area contributed by atoms with Crippen molar-refractivity contribution in [3.8, 4) is 0 Å². The van der Waals surface area contributed by atoms with Crippen molar-refractivity contribution in [1.29, 1.82) is 0 Å². The highest BCUT2D eigenvalue weighted by atomic mass is 16.3. The second-order valence-corrected chi connectivity index (χ2v) is 9.47. The lowest BCUT2D eigenvalue weighted by Crippen LogP contribution is -2.57. The zero-order valence-electron chi connectivity index (χ0n) is 15.3. The van der Waals surface area contributed by atoms with E-state index in [0.717, 1.165) is 25.7 Å². The molecule has 0 spiro atoms. The summed E-state index contributed by atoms with van der Waals surface area (Å²) in [4.78, 5) is 25.2. The molecule has 4 aliphatic carbocycles. The normalized spacial score (nSPS) is 50.2. The van der Waals surface area contributed by atoms with Crippen molar-refractivity contribution in [2.24, 2.45) is 40.4 Å². The minimum absolute atomic E-state index is 0.0127. The average molecular weight is 346 g/mol. The molecule has 2 N–H and O–H groups in total. The van der Waals surface area contributed by atoms with Crippen LogP contribution in [0.1, 0.15) is 52.4 Å². The zero-order chi connectivity index (χ0) is 18.0. The summed E-state index contributed by atoms with van der Waals surface area (Å²) in [5, 5.41) is 19.7. The van der Waals surface area contributed by atoms with Crippen molar-refractivity contribution in [2.75, 3.05) is 6.61 Å². The summed E-state index contributed by atoms with van der Waals surface area (Å²) < 4.78 is 0. The summed E-state index contributed by atoms with van der Waals surface area (Å²) in [6.07, 6.45) is 8.06. The van der Waals surface area contributed by atoms with Gasteiger partial charge in [-0.3, -0.25) is 9.59 Å². The quantitative estimate of drug-likeness (QED) is 0.806. The molecule has 3 fully saturated rings. The molecule has 2 unspecified atom stereocenters. The van der Waals surface area contributed by atoms with Gasteiger partial charge in [0.2, 0.25) is 0 Å². The molecule has 4 rings (SSSR count). The highest BCUT2D eigenvalue weighted by Gasteiger charge is 2.63. The summed E-state index contributed by atoms with van der Waals surface area (Å²) in [6, 6.07) is 0. The van der Waals surface area contributed by atoms with Gasteiger partial charge < -0.3 is 10.2 Å². The fraction of sp³-hybridized carbons (Fsp3) is 0.810. The maximum absolute atomic E-state index is 13.3. The summed E-state index contributed by atoms with van der Waals surface area (Å²) in [6.45, 7) is 4.13. The Balaban J connectivity index is 1.70. The van der Waals surface area contributed by atoms with Crippen LogP contribution in [0.4, 0.5) is 0 Å². The molecule has 0 amide bonds. The third-order valence-corrected chi connectivity index (χ3v) is 8.46. The molecule has 25 heavy (non-hydrogen) atoms. The van der Waals surface area contributed by atoms with E-state index in [0.29, 0.717) is 36.4 Å². The van der Waals surface area contributed by atoms with Gasteiger partial charge in [-0.1, -0.05) is 19.9 Å². The molecule has 4 nitrogen and oxygen atoms in total. The monoisotopic (exact) mass is 346 g/mol. The van der Waals surface area contributed by atoms with Gasteiger partial charge in [-0.2, -0.15) is 0 Å². The molecule has 0 aromatic heterocycles. The summed E-state index contributed by atoms with van der Waals surface area (Å²) in [5.41, 5.74) is -0.388. The lowest BCUT2D eigenvalue weighted by Gasteiger charge is -2.58. The van der Waals surface area contributed by atoms with Crippen LogP contribution < -0.4 is 0 Å². The smallest absolute Gasteiger partial charge is 0.155 e. The first-order valence-corrected chi connectivity index (χ1v) is 9.85. The van der Waals surface area contributed by atoms with Gasteiger partial charge in [0.1, 0.15) is 5.78 Å². The number of carbonyl (C=O) groups excluding carboxylic acids is 2. The van der Waals surface area contributed by atoms with Crippen LogP contribution in [0.3, 0.4) is 0 Å². The molecule has 0 aliphatic heterocycles. The van der Waals surface area contributed by atoms with Crippen molar-refractivity contribution < 1.29 is 19.8 Å². The molecule has 0 saturated heterocycles. The minimum Gasteiger partial charge on any atom is -0.394 e. The molecule has 0 heterocycles. The Hall–Kier alpha value is -1.00. The number of fused-ring (bicyclic) bond motifs is 5. The highest BCUT2D eigenvalue weighted by molar-refractivity contribution is 5.92. The van der Waals surface area contributed by atoms with E-state index in [-0.39, 0.29) is 35.1 Å². The van der Waals surface area contributed by atoms with Gasteiger partial charge in [0, 0.05) is 18.8 Å². The average Bonchev–Trinajstić information content (AvgIpc) is 2.91. The van der Waals surface area contributed by atoms with Gasteiger partial charge >= 0.3 is 0 Å². The second kappa shape index (κ2) is 5.75. The number of Topliss-reactive ketones (excluding diaryl/α,β-unsaturated/α-hetero) is 1. The van der Waals surface area contributed by atoms with E-state index in [9.17, 15) is 19.8 Å². The van der Waals surface area contributed by atoms with Crippen LogP contribution in [-0.2, 0) is 9.59 Å².